The van der Waals surface area contributed by atoms with Crippen LogP contribution in [0.2, 0.25) is 0 Å². The van der Waals surface area contributed by atoms with E-state index in [1.807, 2.05) is 49.4 Å². The van der Waals surface area contributed by atoms with Crippen molar-refractivity contribution in [2.75, 3.05) is 7.11 Å². The summed E-state index contributed by atoms with van der Waals surface area (Å²) in [4.78, 5) is 30.8. The average Bonchev–Trinajstić information content (AvgIpc) is 2.73. The third-order valence-corrected chi connectivity index (χ3v) is 6.84. The van der Waals surface area contributed by atoms with Crippen LogP contribution in [0, 0.1) is 9.49 Å². The number of hydrogen-bond acceptors (Lipinski definition) is 4. The fraction of sp³-hybridized carbons (Fsp3) is 0.292. The highest BCUT2D eigenvalue weighted by Gasteiger charge is 2.45. The molecule has 0 saturated carbocycles. The minimum absolute atomic E-state index is 0.0786. The molecule has 1 aliphatic heterocycles. The first-order chi connectivity index (χ1) is 14.0. The Morgan fingerprint density at radius 3 is 2.45 bits per heavy atom. The van der Waals surface area contributed by atoms with Gasteiger partial charge in [0.25, 0.3) is 0 Å². The minimum atomic E-state index is -0.577. The second kappa shape index (κ2) is 8.22. The Labute approximate surface area is 184 Å². The normalized spacial score (nSPS) is 24.0. The lowest BCUT2D eigenvalue weighted by Crippen LogP contribution is -2.38. The standard InChI is InChI=1S/C24H22INO3/c1-14-21(24(28)29-2)22(17-10-6-7-11-18(17)25)23-19(26-14)12-16(13-20(23)27)15-8-4-3-5-9-15/h3-11,16,21-22H,12-13H2,1-2H3/t16-,21?,22+/m0/s1. The van der Waals surface area contributed by atoms with E-state index in [1.54, 1.807) is 0 Å². The number of ether oxygens (including phenoxy) is 1. The fourth-order valence-electron chi connectivity index (χ4n) is 4.52. The van der Waals surface area contributed by atoms with Gasteiger partial charge in [0.2, 0.25) is 0 Å². The van der Waals surface area contributed by atoms with Gasteiger partial charge in [-0.1, -0.05) is 48.5 Å². The number of hydrogen-bond donors (Lipinski definition) is 0. The van der Waals surface area contributed by atoms with Crippen molar-refractivity contribution in [3.63, 3.8) is 0 Å². The predicted molar refractivity (Wildman–Crippen MR) is 121 cm³/mol. The molecule has 0 bridgehead atoms. The Balaban J connectivity index is 1.84. The highest BCUT2D eigenvalue weighted by molar-refractivity contribution is 14.1. The lowest BCUT2D eigenvalue weighted by Gasteiger charge is -2.36. The molecule has 2 aromatic rings. The topological polar surface area (TPSA) is 55.7 Å². The van der Waals surface area contributed by atoms with E-state index in [-0.39, 0.29) is 23.6 Å². The van der Waals surface area contributed by atoms with Gasteiger partial charge in [0.1, 0.15) is 5.92 Å². The molecule has 148 valence electrons. The SMILES string of the molecule is COC(=O)C1C(C)=NC2=C(C(=O)C[C@@H](c3ccccc3)C2)[C@@H]1c1ccccc1I. The number of esters is 1. The molecule has 0 radical (unpaired) electrons. The van der Waals surface area contributed by atoms with Crippen molar-refractivity contribution in [1.29, 1.82) is 0 Å². The van der Waals surface area contributed by atoms with E-state index in [9.17, 15) is 9.59 Å². The zero-order valence-electron chi connectivity index (χ0n) is 16.4. The molecule has 0 spiro atoms. The van der Waals surface area contributed by atoms with Gasteiger partial charge in [0.05, 0.1) is 7.11 Å². The molecule has 2 aliphatic rings. The monoisotopic (exact) mass is 499 g/mol. The molecule has 4 nitrogen and oxygen atoms in total. The molecule has 5 heteroatoms. The van der Waals surface area contributed by atoms with Gasteiger partial charge in [0, 0.05) is 32.9 Å². The molecule has 0 fully saturated rings. The molecule has 0 amide bonds. The van der Waals surface area contributed by atoms with Crippen LogP contribution in [0.25, 0.3) is 0 Å². The maximum Gasteiger partial charge on any atom is 0.315 e. The summed E-state index contributed by atoms with van der Waals surface area (Å²) in [6.45, 7) is 1.87. The third kappa shape index (κ3) is 3.68. The number of allylic oxidation sites excluding steroid dienone is 2. The molecule has 3 atom stereocenters. The number of aliphatic imine (C=N–C) groups is 1. The van der Waals surface area contributed by atoms with Gasteiger partial charge >= 0.3 is 5.97 Å². The largest absolute Gasteiger partial charge is 0.468 e. The zero-order chi connectivity index (χ0) is 20.5. The Morgan fingerprint density at radius 2 is 1.76 bits per heavy atom. The Bertz CT molecular complexity index is 1030. The van der Waals surface area contributed by atoms with E-state index in [4.69, 9.17) is 9.73 Å². The smallest absolute Gasteiger partial charge is 0.315 e. The Kier molecular flexibility index (Phi) is 5.67. The number of rotatable bonds is 3. The first-order valence-electron chi connectivity index (χ1n) is 9.70. The van der Waals surface area contributed by atoms with Crippen molar-refractivity contribution in [3.05, 3.63) is 80.6 Å². The number of benzene rings is 2. The van der Waals surface area contributed by atoms with Gasteiger partial charge in [-0.15, -0.1) is 0 Å². The molecule has 0 N–H and O–H groups in total. The number of carbonyl (C=O) groups excluding carboxylic acids is 2. The predicted octanol–water partition coefficient (Wildman–Crippen LogP) is 5.04. The van der Waals surface area contributed by atoms with Gasteiger partial charge in [-0.25, -0.2) is 0 Å². The fourth-order valence-corrected chi connectivity index (χ4v) is 5.24. The van der Waals surface area contributed by atoms with E-state index in [2.05, 4.69) is 34.7 Å². The molecular weight excluding hydrogens is 477 g/mol. The minimum Gasteiger partial charge on any atom is -0.468 e. The molecule has 4 rings (SSSR count). The highest BCUT2D eigenvalue weighted by Crippen LogP contribution is 2.47. The third-order valence-electron chi connectivity index (χ3n) is 5.85. The summed E-state index contributed by atoms with van der Waals surface area (Å²) in [5.74, 6) is -1.08. The quantitative estimate of drug-likeness (QED) is 0.440. The van der Waals surface area contributed by atoms with Crippen LogP contribution in [0.4, 0.5) is 0 Å². The van der Waals surface area contributed by atoms with Crippen molar-refractivity contribution >= 4 is 40.1 Å². The first-order valence-corrected chi connectivity index (χ1v) is 10.8. The average molecular weight is 499 g/mol. The second-order valence-electron chi connectivity index (χ2n) is 7.55. The summed E-state index contributed by atoms with van der Waals surface area (Å²) in [5.41, 5.74) is 4.35. The van der Waals surface area contributed by atoms with Crippen molar-refractivity contribution < 1.29 is 14.3 Å². The second-order valence-corrected chi connectivity index (χ2v) is 8.71. The molecule has 0 saturated heterocycles. The zero-order valence-corrected chi connectivity index (χ0v) is 18.5. The van der Waals surface area contributed by atoms with Crippen LogP contribution < -0.4 is 0 Å². The van der Waals surface area contributed by atoms with E-state index < -0.39 is 5.92 Å². The van der Waals surface area contributed by atoms with E-state index in [1.165, 1.54) is 7.11 Å². The maximum atomic E-state index is 13.4. The van der Waals surface area contributed by atoms with Gasteiger partial charge < -0.3 is 4.74 Å². The molecule has 29 heavy (non-hydrogen) atoms. The number of halogens is 1. The van der Waals surface area contributed by atoms with Crippen LogP contribution >= 0.6 is 22.6 Å². The van der Waals surface area contributed by atoms with Crippen molar-refractivity contribution in [2.45, 2.75) is 31.6 Å². The van der Waals surface area contributed by atoms with Gasteiger partial charge in [-0.05, 0) is 59.0 Å². The number of carbonyl (C=O) groups is 2. The lowest BCUT2D eigenvalue weighted by atomic mass is 9.69. The molecule has 1 unspecified atom stereocenters. The van der Waals surface area contributed by atoms with Gasteiger partial charge in [-0.3, -0.25) is 14.6 Å². The molecule has 1 heterocycles. The van der Waals surface area contributed by atoms with E-state index in [0.29, 0.717) is 24.1 Å². The van der Waals surface area contributed by atoms with Gasteiger partial charge in [0.15, 0.2) is 5.78 Å². The number of methoxy groups -OCH3 is 1. The van der Waals surface area contributed by atoms with Crippen LogP contribution in [0.1, 0.15) is 42.7 Å². The summed E-state index contributed by atoms with van der Waals surface area (Å²) in [6, 6.07) is 18.0. The number of ketones is 1. The van der Waals surface area contributed by atoms with Crippen LogP contribution in [-0.2, 0) is 14.3 Å². The summed E-state index contributed by atoms with van der Waals surface area (Å²) in [6.07, 6.45) is 1.14. The Hall–Kier alpha value is -2.28. The van der Waals surface area contributed by atoms with Crippen LogP contribution in [0.15, 0.2) is 70.9 Å². The Morgan fingerprint density at radius 1 is 1.07 bits per heavy atom. The van der Waals surface area contributed by atoms with Crippen LogP contribution in [-0.4, -0.2) is 24.6 Å². The lowest BCUT2D eigenvalue weighted by molar-refractivity contribution is -0.143. The van der Waals surface area contributed by atoms with Crippen LogP contribution in [0.5, 0.6) is 0 Å². The number of nitrogens with zero attached hydrogens (tertiary/aromatic N) is 1. The molecular formula is C24H22INO3. The van der Waals surface area contributed by atoms with E-state index in [0.717, 1.165) is 20.4 Å². The number of Topliss-reactive ketones (excluding diaryl/α,β-unsaturated/α-hetero) is 1. The van der Waals surface area contributed by atoms with Crippen LogP contribution in [0.3, 0.4) is 0 Å². The van der Waals surface area contributed by atoms with E-state index >= 15 is 0 Å². The summed E-state index contributed by atoms with van der Waals surface area (Å²) >= 11 is 2.27. The molecule has 1 aliphatic carbocycles. The summed E-state index contributed by atoms with van der Waals surface area (Å²) in [5, 5.41) is 0. The highest BCUT2D eigenvalue weighted by atomic mass is 127. The first kappa shape index (κ1) is 20.0. The van der Waals surface area contributed by atoms with Crippen molar-refractivity contribution in [3.8, 4) is 0 Å². The summed E-state index contributed by atoms with van der Waals surface area (Å²) < 4.78 is 6.13. The summed E-state index contributed by atoms with van der Waals surface area (Å²) in [7, 11) is 1.39. The molecule has 2 aromatic carbocycles. The maximum absolute atomic E-state index is 13.4. The van der Waals surface area contributed by atoms with Gasteiger partial charge in [-0.2, -0.15) is 0 Å². The van der Waals surface area contributed by atoms with Crippen molar-refractivity contribution in [1.82, 2.24) is 0 Å². The van der Waals surface area contributed by atoms with Crippen molar-refractivity contribution in [2.24, 2.45) is 10.9 Å². The molecule has 0 aromatic heterocycles.